The lowest BCUT2D eigenvalue weighted by molar-refractivity contribution is -0.133. The molecule has 0 saturated carbocycles. The Labute approximate surface area is 102 Å². The fraction of sp³-hybridized carbons (Fsp3) is 0. The normalized spacial score (nSPS) is 9.56. The van der Waals surface area contributed by atoms with Crippen LogP contribution in [0.4, 0.5) is 11.9 Å². The van der Waals surface area contributed by atoms with E-state index in [1.807, 2.05) is 0 Å². The highest BCUT2D eigenvalue weighted by Gasteiger charge is 2.15. The molecule has 8 nitrogen and oxygen atoms in total. The molecule has 0 aromatic carbocycles. The standard InChI is InChI=1S/C10H8N6O2/c17-7(15-9-11-3-1-4-12-9)8(18)16-10-13-5-2-6-14-10/h1-6H,(H,11,12,15,17)(H,13,14,16,18). The van der Waals surface area contributed by atoms with Crippen molar-refractivity contribution in [2.75, 3.05) is 10.6 Å². The van der Waals surface area contributed by atoms with E-state index in [0.29, 0.717) is 0 Å². The maximum absolute atomic E-state index is 11.5. The Morgan fingerprint density at radius 2 is 1.06 bits per heavy atom. The summed E-state index contributed by atoms with van der Waals surface area (Å²) < 4.78 is 0. The maximum atomic E-state index is 11.5. The largest absolute Gasteiger partial charge is 0.316 e. The molecule has 0 unspecified atom stereocenters. The van der Waals surface area contributed by atoms with Gasteiger partial charge in [-0.1, -0.05) is 0 Å². The van der Waals surface area contributed by atoms with Crippen LogP contribution < -0.4 is 10.6 Å². The minimum absolute atomic E-state index is 0.0478. The Kier molecular flexibility index (Phi) is 3.50. The molecule has 0 bridgehead atoms. The molecule has 2 N–H and O–H groups in total. The van der Waals surface area contributed by atoms with Gasteiger partial charge in [-0.05, 0) is 12.1 Å². The number of aromatic nitrogens is 4. The molecule has 2 aromatic rings. The fourth-order valence-corrected chi connectivity index (χ4v) is 1.04. The van der Waals surface area contributed by atoms with Crippen LogP contribution in [0.3, 0.4) is 0 Å². The summed E-state index contributed by atoms with van der Waals surface area (Å²) in [6, 6.07) is 3.18. The van der Waals surface area contributed by atoms with Crippen LogP contribution in [0, 0.1) is 0 Å². The average Bonchev–Trinajstić information content (AvgIpc) is 2.41. The summed E-state index contributed by atoms with van der Waals surface area (Å²) in [6.07, 6.45) is 5.78. The van der Waals surface area contributed by atoms with Gasteiger partial charge in [0.2, 0.25) is 11.9 Å². The average molecular weight is 244 g/mol. The van der Waals surface area contributed by atoms with Crippen LogP contribution in [0.1, 0.15) is 0 Å². The number of carbonyl (C=O) groups is 2. The molecule has 2 rings (SSSR count). The Hall–Kier alpha value is -2.90. The predicted octanol–water partition coefficient (Wildman–Crippen LogP) is -0.156. The summed E-state index contributed by atoms with van der Waals surface area (Å²) in [7, 11) is 0. The van der Waals surface area contributed by atoms with Crippen molar-refractivity contribution >= 4 is 23.7 Å². The summed E-state index contributed by atoms with van der Waals surface area (Å²) in [5.41, 5.74) is 0. The van der Waals surface area contributed by atoms with Gasteiger partial charge in [0.05, 0.1) is 0 Å². The van der Waals surface area contributed by atoms with Gasteiger partial charge in [-0.25, -0.2) is 19.9 Å². The van der Waals surface area contributed by atoms with Gasteiger partial charge in [0, 0.05) is 24.8 Å². The lowest BCUT2D eigenvalue weighted by Gasteiger charge is -2.03. The molecule has 0 radical (unpaired) electrons. The molecule has 2 heterocycles. The minimum atomic E-state index is -0.895. The smallest absolute Gasteiger partial charge is 0.286 e. The quantitative estimate of drug-likeness (QED) is 0.710. The van der Waals surface area contributed by atoms with E-state index in [2.05, 4.69) is 30.6 Å². The van der Waals surface area contributed by atoms with Crippen LogP contribution >= 0.6 is 0 Å². The second kappa shape index (κ2) is 5.43. The second-order valence-electron chi connectivity index (χ2n) is 3.05. The third kappa shape index (κ3) is 3.04. The summed E-state index contributed by atoms with van der Waals surface area (Å²) in [6.45, 7) is 0. The van der Waals surface area contributed by atoms with E-state index in [4.69, 9.17) is 0 Å². The SMILES string of the molecule is O=C(Nc1ncccn1)C(=O)Nc1ncccn1. The first kappa shape index (κ1) is 11.6. The van der Waals surface area contributed by atoms with E-state index in [9.17, 15) is 9.59 Å². The van der Waals surface area contributed by atoms with Crippen molar-refractivity contribution in [2.45, 2.75) is 0 Å². The third-order valence-corrected chi connectivity index (χ3v) is 1.79. The fourth-order valence-electron chi connectivity index (χ4n) is 1.04. The van der Waals surface area contributed by atoms with Crippen molar-refractivity contribution in [1.29, 1.82) is 0 Å². The zero-order valence-corrected chi connectivity index (χ0v) is 9.07. The summed E-state index contributed by atoms with van der Waals surface area (Å²) in [4.78, 5) is 37.9. The highest BCUT2D eigenvalue weighted by atomic mass is 16.2. The highest BCUT2D eigenvalue weighted by molar-refractivity contribution is 6.43. The second-order valence-corrected chi connectivity index (χ2v) is 3.05. The molecule has 2 aromatic heterocycles. The molecule has 0 aliphatic carbocycles. The van der Waals surface area contributed by atoms with Crippen molar-refractivity contribution in [3.63, 3.8) is 0 Å². The first-order valence-corrected chi connectivity index (χ1v) is 4.92. The van der Waals surface area contributed by atoms with Crippen molar-refractivity contribution in [2.24, 2.45) is 0 Å². The van der Waals surface area contributed by atoms with Crippen LogP contribution in [0.2, 0.25) is 0 Å². The Morgan fingerprint density at radius 3 is 1.39 bits per heavy atom. The van der Waals surface area contributed by atoms with E-state index in [-0.39, 0.29) is 11.9 Å². The van der Waals surface area contributed by atoms with E-state index in [1.54, 1.807) is 12.1 Å². The van der Waals surface area contributed by atoms with E-state index < -0.39 is 11.8 Å². The van der Waals surface area contributed by atoms with Gasteiger partial charge < -0.3 is 0 Å². The first-order valence-electron chi connectivity index (χ1n) is 4.92. The molecule has 18 heavy (non-hydrogen) atoms. The number of rotatable bonds is 2. The Bertz CT molecular complexity index is 493. The number of nitrogens with one attached hydrogen (secondary N) is 2. The summed E-state index contributed by atoms with van der Waals surface area (Å²) in [5, 5.41) is 4.47. The molecular weight excluding hydrogens is 236 g/mol. The molecular formula is C10H8N6O2. The molecule has 90 valence electrons. The van der Waals surface area contributed by atoms with Gasteiger partial charge >= 0.3 is 11.8 Å². The number of amides is 2. The number of hydrogen-bond donors (Lipinski definition) is 2. The zero-order chi connectivity index (χ0) is 12.8. The topological polar surface area (TPSA) is 110 Å². The van der Waals surface area contributed by atoms with Crippen LogP contribution in [0.25, 0.3) is 0 Å². The molecule has 0 spiro atoms. The van der Waals surface area contributed by atoms with E-state index >= 15 is 0 Å². The monoisotopic (exact) mass is 244 g/mol. The van der Waals surface area contributed by atoms with Crippen molar-refractivity contribution in [3.05, 3.63) is 36.9 Å². The van der Waals surface area contributed by atoms with Gasteiger partial charge in [-0.15, -0.1) is 0 Å². The molecule has 0 aliphatic heterocycles. The summed E-state index contributed by atoms with van der Waals surface area (Å²) >= 11 is 0. The molecule has 0 fully saturated rings. The van der Waals surface area contributed by atoms with Gasteiger partial charge in [-0.2, -0.15) is 0 Å². The van der Waals surface area contributed by atoms with E-state index in [0.717, 1.165) is 0 Å². The predicted molar refractivity (Wildman–Crippen MR) is 61.3 cm³/mol. The lowest BCUT2D eigenvalue weighted by Crippen LogP contribution is -2.30. The summed E-state index contributed by atoms with van der Waals surface area (Å²) in [5.74, 6) is -1.69. The van der Waals surface area contributed by atoms with Gasteiger partial charge in [0.25, 0.3) is 0 Å². The van der Waals surface area contributed by atoms with Gasteiger partial charge in [0.1, 0.15) is 0 Å². The van der Waals surface area contributed by atoms with Crippen molar-refractivity contribution in [3.8, 4) is 0 Å². The molecule has 8 heteroatoms. The van der Waals surface area contributed by atoms with Crippen LogP contribution in [0.5, 0.6) is 0 Å². The van der Waals surface area contributed by atoms with Gasteiger partial charge in [-0.3, -0.25) is 20.2 Å². The number of carbonyl (C=O) groups excluding carboxylic acids is 2. The van der Waals surface area contributed by atoms with Crippen molar-refractivity contribution in [1.82, 2.24) is 19.9 Å². The molecule has 0 saturated heterocycles. The first-order chi connectivity index (χ1) is 8.75. The molecule has 2 amide bonds. The highest BCUT2D eigenvalue weighted by Crippen LogP contribution is 1.97. The Morgan fingerprint density at radius 1 is 0.722 bits per heavy atom. The lowest BCUT2D eigenvalue weighted by atomic mass is 10.5. The number of nitrogens with zero attached hydrogens (tertiary/aromatic N) is 4. The Balaban J connectivity index is 1.96. The number of hydrogen-bond acceptors (Lipinski definition) is 6. The van der Waals surface area contributed by atoms with Gasteiger partial charge in [0.15, 0.2) is 0 Å². The number of anilines is 2. The van der Waals surface area contributed by atoms with Crippen LogP contribution in [-0.2, 0) is 9.59 Å². The zero-order valence-electron chi connectivity index (χ0n) is 9.07. The van der Waals surface area contributed by atoms with Crippen LogP contribution in [-0.4, -0.2) is 31.8 Å². The molecule has 0 atom stereocenters. The third-order valence-electron chi connectivity index (χ3n) is 1.79. The van der Waals surface area contributed by atoms with Crippen molar-refractivity contribution < 1.29 is 9.59 Å². The minimum Gasteiger partial charge on any atom is -0.286 e. The molecule has 0 aliphatic rings. The van der Waals surface area contributed by atoms with E-state index in [1.165, 1.54) is 24.8 Å². The van der Waals surface area contributed by atoms with Crippen LogP contribution in [0.15, 0.2) is 36.9 Å². The maximum Gasteiger partial charge on any atom is 0.316 e.